The van der Waals surface area contributed by atoms with Crippen LogP contribution in [-0.2, 0) is 0 Å². The van der Waals surface area contributed by atoms with Gasteiger partial charge in [0.2, 0.25) is 0 Å². The molecule has 1 saturated heterocycles. The molecular formula is C17H27ClN2O. The number of rotatable bonds is 8. The van der Waals surface area contributed by atoms with Gasteiger partial charge in [0.25, 0.3) is 0 Å². The summed E-state index contributed by atoms with van der Waals surface area (Å²) in [6.07, 6.45) is 3.75. The second-order valence-corrected chi connectivity index (χ2v) is 6.13. The molecule has 1 aromatic rings. The molecule has 0 bridgehead atoms. The van der Waals surface area contributed by atoms with Gasteiger partial charge in [-0.1, -0.05) is 24.6 Å². The summed E-state index contributed by atoms with van der Waals surface area (Å²) in [5, 5.41) is 4.09. The highest BCUT2D eigenvalue weighted by Gasteiger charge is 2.11. The summed E-state index contributed by atoms with van der Waals surface area (Å²) in [4.78, 5) is 2.51. The van der Waals surface area contributed by atoms with Crippen molar-refractivity contribution in [3.8, 4) is 5.75 Å². The van der Waals surface area contributed by atoms with Crippen LogP contribution in [0.4, 0.5) is 0 Å². The number of hydrogen-bond acceptors (Lipinski definition) is 3. The standard InChI is InChI=1S/C17H27ClN2O/c1-3-19-14(2)15-7-8-17(16(18)13-15)21-12-6-11-20-9-4-5-10-20/h7-8,13-14,19H,3-6,9-12H2,1-2H3. The Kier molecular flexibility index (Phi) is 6.81. The van der Waals surface area contributed by atoms with E-state index in [-0.39, 0.29) is 0 Å². The molecule has 1 fully saturated rings. The number of hydrogen-bond donors (Lipinski definition) is 1. The highest BCUT2D eigenvalue weighted by Crippen LogP contribution is 2.28. The molecule has 1 unspecified atom stereocenters. The minimum absolute atomic E-state index is 0.316. The molecular weight excluding hydrogens is 284 g/mol. The Morgan fingerprint density at radius 2 is 2.10 bits per heavy atom. The minimum Gasteiger partial charge on any atom is -0.492 e. The highest BCUT2D eigenvalue weighted by molar-refractivity contribution is 6.32. The number of likely N-dealkylation sites (tertiary alicyclic amines) is 1. The van der Waals surface area contributed by atoms with Gasteiger partial charge in [-0.05, 0) is 63.5 Å². The van der Waals surface area contributed by atoms with E-state index < -0.39 is 0 Å². The van der Waals surface area contributed by atoms with Crippen LogP contribution in [0.3, 0.4) is 0 Å². The fraction of sp³-hybridized carbons (Fsp3) is 0.647. The molecule has 4 heteroatoms. The fourth-order valence-corrected chi connectivity index (χ4v) is 3.05. The van der Waals surface area contributed by atoms with Gasteiger partial charge in [-0.15, -0.1) is 0 Å². The van der Waals surface area contributed by atoms with Crippen LogP contribution in [0.1, 0.15) is 44.7 Å². The van der Waals surface area contributed by atoms with Crippen LogP contribution >= 0.6 is 11.6 Å². The normalized spacial score (nSPS) is 17.1. The van der Waals surface area contributed by atoms with Gasteiger partial charge in [0.15, 0.2) is 0 Å². The lowest BCUT2D eigenvalue weighted by Crippen LogP contribution is -2.22. The van der Waals surface area contributed by atoms with Crippen molar-refractivity contribution in [2.24, 2.45) is 0 Å². The van der Waals surface area contributed by atoms with Gasteiger partial charge in [-0.25, -0.2) is 0 Å². The largest absolute Gasteiger partial charge is 0.492 e. The Hall–Kier alpha value is -0.770. The van der Waals surface area contributed by atoms with Crippen molar-refractivity contribution in [3.63, 3.8) is 0 Å². The Bertz CT molecular complexity index is 433. The SMILES string of the molecule is CCNC(C)c1ccc(OCCCN2CCCC2)c(Cl)c1. The summed E-state index contributed by atoms with van der Waals surface area (Å²) in [7, 11) is 0. The van der Waals surface area contributed by atoms with Crippen LogP contribution in [0.25, 0.3) is 0 Å². The molecule has 1 heterocycles. The van der Waals surface area contributed by atoms with Gasteiger partial charge < -0.3 is 15.0 Å². The lowest BCUT2D eigenvalue weighted by Gasteiger charge is -2.16. The number of benzene rings is 1. The van der Waals surface area contributed by atoms with E-state index >= 15 is 0 Å². The zero-order chi connectivity index (χ0) is 15.1. The molecule has 0 radical (unpaired) electrons. The molecule has 0 aliphatic carbocycles. The Morgan fingerprint density at radius 1 is 1.33 bits per heavy atom. The molecule has 1 aliphatic heterocycles. The van der Waals surface area contributed by atoms with Gasteiger partial charge in [0.05, 0.1) is 11.6 Å². The van der Waals surface area contributed by atoms with Crippen molar-refractivity contribution in [2.75, 3.05) is 32.8 Å². The first-order valence-corrected chi connectivity index (χ1v) is 8.46. The summed E-state index contributed by atoms with van der Waals surface area (Å²) in [6.45, 7) is 9.57. The van der Waals surface area contributed by atoms with E-state index in [1.165, 1.54) is 31.5 Å². The maximum absolute atomic E-state index is 6.32. The molecule has 21 heavy (non-hydrogen) atoms. The lowest BCUT2D eigenvalue weighted by atomic mass is 10.1. The third kappa shape index (κ3) is 5.17. The van der Waals surface area contributed by atoms with Crippen LogP contribution in [0, 0.1) is 0 Å². The second kappa shape index (κ2) is 8.62. The fourth-order valence-electron chi connectivity index (χ4n) is 2.80. The molecule has 1 aromatic carbocycles. The summed E-state index contributed by atoms with van der Waals surface area (Å²) >= 11 is 6.32. The maximum atomic E-state index is 6.32. The summed E-state index contributed by atoms with van der Waals surface area (Å²) < 4.78 is 5.81. The quantitative estimate of drug-likeness (QED) is 0.738. The van der Waals surface area contributed by atoms with Crippen LogP contribution in [0.5, 0.6) is 5.75 Å². The first kappa shape index (κ1) is 16.6. The molecule has 0 spiro atoms. The van der Waals surface area contributed by atoms with Crippen molar-refractivity contribution in [3.05, 3.63) is 28.8 Å². The maximum Gasteiger partial charge on any atom is 0.137 e. The van der Waals surface area contributed by atoms with Crippen molar-refractivity contribution >= 4 is 11.6 Å². The predicted octanol–water partition coefficient (Wildman–Crippen LogP) is 3.88. The van der Waals surface area contributed by atoms with Crippen LogP contribution < -0.4 is 10.1 Å². The van der Waals surface area contributed by atoms with Crippen molar-refractivity contribution in [1.82, 2.24) is 10.2 Å². The molecule has 1 N–H and O–H groups in total. The molecule has 1 aliphatic rings. The van der Waals surface area contributed by atoms with Gasteiger partial charge in [0.1, 0.15) is 5.75 Å². The van der Waals surface area contributed by atoms with Crippen molar-refractivity contribution in [1.29, 1.82) is 0 Å². The summed E-state index contributed by atoms with van der Waals surface area (Å²) in [5.41, 5.74) is 1.20. The van der Waals surface area contributed by atoms with E-state index in [4.69, 9.17) is 16.3 Å². The average molecular weight is 311 g/mol. The van der Waals surface area contributed by atoms with E-state index in [9.17, 15) is 0 Å². The zero-order valence-corrected chi connectivity index (χ0v) is 14.0. The van der Waals surface area contributed by atoms with E-state index in [1.54, 1.807) is 0 Å². The monoisotopic (exact) mass is 310 g/mol. The third-order valence-corrected chi connectivity index (χ3v) is 4.34. The Morgan fingerprint density at radius 3 is 2.76 bits per heavy atom. The van der Waals surface area contributed by atoms with E-state index in [2.05, 4.69) is 30.1 Å². The summed E-state index contributed by atoms with van der Waals surface area (Å²) in [6, 6.07) is 6.40. The summed E-state index contributed by atoms with van der Waals surface area (Å²) in [5.74, 6) is 0.797. The second-order valence-electron chi connectivity index (χ2n) is 5.72. The van der Waals surface area contributed by atoms with Crippen LogP contribution in [0.2, 0.25) is 5.02 Å². The van der Waals surface area contributed by atoms with Crippen LogP contribution in [-0.4, -0.2) is 37.7 Å². The molecule has 3 nitrogen and oxygen atoms in total. The molecule has 118 valence electrons. The highest BCUT2D eigenvalue weighted by atomic mass is 35.5. The van der Waals surface area contributed by atoms with Gasteiger partial charge in [-0.2, -0.15) is 0 Å². The zero-order valence-electron chi connectivity index (χ0n) is 13.2. The number of nitrogens with one attached hydrogen (secondary N) is 1. The van der Waals surface area contributed by atoms with E-state index in [1.807, 2.05) is 12.1 Å². The van der Waals surface area contributed by atoms with Crippen LogP contribution in [0.15, 0.2) is 18.2 Å². The van der Waals surface area contributed by atoms with Gasteiger partial charge >= 0.3 is 0 Å². The van der Waals surface area contributed by atoms with Gasteiger partial charge in [-0.3, -0.25) is 0 Å². The predicted molar refractivity (Wildman–Crippen MR) is 89.3 cm³/mol. The lowest BCUT2D eigenvalue weighted by molar-refractivity contribution is 0.263. The Labute approximate surface area is 133 Å². The van der Waals surface area contributed by atoms with Crippen molar-refractivity contribution < 1.29 is 4.74 Å². The smallest absolute Gasteiger partial charge is 0.137 e. The first-order valence-electron chi connectivity index (χ1n) is 8.08. The topological polar surface area (TPSA) is 24.5 Å². The molecule has 0 amide bonds. The van der Waals surface area contributed by atoms with Crippen molar-refractivity contribution in [2.45, 2.75) is 39.2 Å². The van der Waals surface area contributed by atoms with Gasteiger partial charge in [0, 0.05) is 12.6 Å². The average Bonchev–Trinajstić information content (AvgIpc) is 2.98. The minimum atomic E-state index is 0.316. The Balaban J connectivity index is 1.77. The first-order chi connectivity index (χ1) is 10.2. The molecule has 0 saturated carbocycles. The number of halogens is 1. The molecule has 1 atom stereocenters. The molecule has 0 aromatic heterocycles. The van der Waals surface area contributed by atoms with E-state index in [0.717, 1.165) is 31.9 Å². The molecule has 2 rings (SSSR count). The number of nitrogens with zero attached hydrogens (tertiary/aromatic N) is 1. The third-order valence-electron chi connectivity index (χ3n) is 4.04. The van der Waals surface area contributed by atoms with E-state index in [0.29, 0.717) is 11.1 Å². The number of ether oxygens (including phenoxy) is 1.